The van der Waals surface area contributed by atoms with Crippen molar-refractivity contribution in [3.05, 3.63) is 39.7 Å². The van der Waals surface area contributed by atoms with E-state index in [1.165, 1.54) is 46.0 Å². The van der Waals surface area contributed by atoms with Crippen LogP contribution in [0.1, 0.15) is 54.6 Å². The van der Waals surface area contributed by atoms with Crippen molar-refractivity contribution in [3.63, 3.8) is 0 Å². The Morgan fingerprint density at radius 3 is 2.90 bits per heavy atom. The van der Waals surface area contributed by atoms with Crippen LogP contribution in [0.25, 0.3) is 11.3 Å². The largest absolute Gasteiger partial charge is 0.308 e. The predicted molar refractivity (Wildman–Crippen MR) is 88.9 cm³/mol. The molecule has 3 heteroatoms. The third-order valence-electron chi connectivity index (χ3n) is 4.84. The Bertz CT molecular complexity index is 666. The Kier molecular flexibility index (Phi) is 3.16. The number of nitrogens with zero attached hydrogens (tertiary/aromatic N) is 1. The van der Waals surface area contributed by atoms with Gasteiger partial charge in [-0.1, -0.05) is 44.5 Å². The van der Waals surface area contributed by atoms with Gasteiger partial charge < -0.3 is 5.32 Å². The maximum atomic E-state index is 5.04. The second-order valence-electron chi connectivity index (χ2n) is 6.93. The third-order valence-corrected chi connectivity index (χ3v) is 6.01. The number of thiazole rings is 1. The molecule has 21 heavy (non-hydrogen) atoms. The lowest BCUT2D eigenvalue weighted by molar-refractivity contribution is 0.411. The molecular formula is C18H22N2S. The van der Waals surface area contributed by atoms with Crippen LogP contribution < -0.4 is 5.32 Å². The number of hydrogen-bond acceptors (Lipinski definition) is 3. The lowest BCUT2D eigenvalue weighted by Crippen LogP contribution is -2.26. The number of aromatic nitrogens is 1. The van der Waals surface area contributed by atoms with E-state index >= 15 is 0 Å². The minimum atomic E-state index is 0.216. The summed E-state index contributed by atoms with van der Waals surface area (Å²) in [5.74, 6) is 0. The Morgan fingerprint density at radius 2 is 2.10 bits per heavy atom. The van der Waals surface area contributed by atoms with Gasteiger partial charge in [0.15, 0.2) is 0 Å². The molecule has 1 aromatic heterocycles. The fourth-order valence-corrected chi connectivity index (χ4v) is 5.11. The topological polar surface area (TPSA) is 24.9 Å². The zero-order valence-corrected chi connectivity index (χ0v) is 13.6. The van der Waals surface area contributed by atoms with Crippen LogP contribution in [-0.2, 0) is 11.8 Å². The Hall–Kier alpha value is -1.19. The summed E-state index contributed by atoms with van der Waals surface area (Å²) in [4.78, 5) is 6.51. The molecule has 1 aliphatic carbocycles. The summed E-state index contributed by atoms with van der Waals surface area (Å²) in [5.41, 5.74) is 4.26. The second kappa shape index (κ2) is 4.92. The predicted octanol–water partition coefficient (Wildman–Crippen LogP) is 4.46. The lowest BCUT2D eigenvalue weighted by atomic mass is 9.74. The minimum Gasteiger partial charge on any atom is -0.308 e. The number of rotatable bonds is 1. The summed E-state index contributed by atoms with van der Waals surface area (Å²) in [7, 11) is 0. The van der Waals surface area contributed by atoms with Crippen molar-refractivity contribution in [3.8, 4) is 11.3 Å². The molecule has 2 aromatic rings. The zero-order valence-electron chi connectivity index (χ0n) is 12.8. The van der Waals surface area contributed by atoms with Gasteiger partial charge in [-0.15, -0.1) is 11.3 Å². The van der Waals surface area contributed by atoms with Crippen molar-refractivity contribution in [2.75, 3.05) is 6.54 Å². The summed E-state index contributed by atoms with van der Waals surface area (Å²) in [6, 6.07) is 9.29. The van der Waals surface area contributed by atoms with Gasteiger partial charge in [-0.2, -0.15) is 0 Å². The van der Waals surface area contributed by atoms with Gasteiger partial charge in [-0.25, -0.2) is 4.98 Å². The number of piperidine rings is 1. The average molecular weight is 298 g/mol. The number of nitrogens with one attached hydrogen (secondary N) is 1. The highest BCUT2D eigenvalue weighted by atomic mass is 32.1. The SMILES string of the molecule is CC1(C)Cc2sc(C3CCCCN3)nc2-c2ccccc21. The molecule has 2 heterocycles. The highest BCUT2D eigenvalue weighted by molar-refractivity contribution is 7.12. The summed E-state index contributed by atoms with van der Waals surface area (Å²) in [6.45, 7) is 5.84. The van der Waals surface area contributed by atoms with Gasteiger partial charge >= 0.3 is 0 Å². The van der Waals surface area contributed by atoms with Gasteiger partial charge in [0.05, 0.1) is 11.7 Å². The van der Waals surface area contributed by atoms with E-state index in [0.29, 0.717) is 6.04 Å². The molecule has 0 spiro atoms. The standard InChI is InChI=1S/C18H22N2S/c1-18(2)11-15-16(12-7-3-4-8-13(12)18)20-17(21-15)14-9-5-6-10-19-14/h3-4,7-8,14,19H,5-6,9-11H2,1-2H3. The first-order valence-electron chi connectivity index (χ1n) is 7.98. The van der Waals surface area contributed by atoms with E-state index in [4.69, 9.17) is 4.98 Å². The Balaban J connectivity index is 1.79. The van der Waals surface area contributed by atoms with Crippen LogP contribution in [0.2, 0.25) is 0 Å². The van der Waals surface area contributed by atoms with Crippen molar-refractivity contribution >= 4 is 11.3 Å². The summed E-state index contributed by atoms with van der Waals surface area (Å²) in [5, 5.41) is 4.94. The lowest BCUT2D eigenvalue weighted by Gasteiger charge is -2.31. The quantitative estimate of drug-likeness (QED) is 0.841. The summed E-state index contributed by atoms with van der Waals surface area (Å²) >= 11 is 1.93. The molecule has 0 bridgehead atoms. The summed E-state index contributed by atoms with van der Waals surface area (Å²) in [6.07, 6.45) is 4.97. The first kappa shape index (κ1) is 13.5. The molecule has 110 valence electrons. The van der Waals surface area contributed by atoms with Crippen LogP contribution in [0.3, 0.4) is 0 Å². The van der Waals surface area contributed by atoms with E-state index in [0.717, 1.165) is 13.0 Å². The maximum absolute atomic E-state index is 5.04. The van der Waals surface area contributed by atoms with E-state index in [1.54, 1.807) is 0 Å². The molecule has 1 saturated heterocycles. The van der Waals surface area contributed by atoms with E-state index in [1.807, 2.05) is 11.3 Å². The van der Waals surface area contributed by atoms with Crippen LogP contribution in [0.5, 0.6) is 0 Å². The molecule has 4 rings (SSSR count). The molecule has 0 amide bonds. The van der Waals surface area contributed by atoms with Crippen molar-refractivity contribution in [2.24, 2.45) is 0 Å². The van der Waals surface area contributed by atoms with Gasteiger partial charge in [0.1, 0.15) is 5.01 Å². The van der Waals surface area contributed by atoms with Crippen molar-refractivity contribution < 1.29 is 0 Å². The number of benzene rings is 1. The molecule has 1 aromatic carbocycles. The van der Waals surface area contributed by atoms with Gasteiger partial charge in [0.2, 0.25) is 0 Å². The van der Waals surface area contributed by atoms with Gasteiger partial charge in [0.25, 0.3) is 0 Å². The molecular weight excluding hydrogens is 276 g/mol. The third kappa shape index (κ3) is 2.23. The minimum absolute atomic E-state index is 0.216. The van der Waals surface area contributed by atoms with Crippen LogP contribution in [0.15, 0.2) is 24.3 Å². The molecule has 1 atom stereocenters. The first-order chi connectivity index (χ1) is 10.1. The Morgan fingerprint density at radius 1 is 1.24 bits per heavy atom. The number of hydrogen-bond donors (Lipinski definition) is 1. The monoisotopic (exact) mass is 298 g/mol. The van der Waals surface area contributed by atoms with Crippen molar-refractivity contribution in [1.29, 1.82) is 0 Å². The molecule has 1 unspecified atom stereocenters. The van der Waals surface area contributed by atoms with E-state index in [-0.39, 0.29) is 5.41 Å². The average Bonchev–Trinajstić information content (AvgIpc) is 2.91. The second-order valence-corrected chi connectivity index (χ2v) is 8.05. The molecule has 2 aliphatic rings. The summed E-state index contributed by atoms with van der Waals surface area (Å²) < 4.78 is 0. The maximum Gasteiger partial charge on any atom is 0.111 e. The molecule has 0 saturated carbocycles. The van der Waals surface area contributed by atoms with Crippen LogP contribution >= 0.6 is 11.3 Å². The Labute approximate surface area is 130 Å². The van der Waals surface area contributed by atoms with E-state index in [9.17, 15) is 0 Å². The first-order valence-corrected chi connectivity index (χ1v) is 8.80. The van der Waals surface area contributed by atoms with Crippen molar-refractivity contribution in [2.45, 2.75) is 51.0 Å². The zero-order chi connectivity index (χ0) is 14.4. The smallest absolute Gasteiger partial charge is 0.111 e. The molecule has 1 aliphatic heterocycles. The highest BCUT2D eigenvalue weighted by Gasteiger charge is 2.34. The van der Waals surface area contributed by atoms with Gasteiger partial charge in [-0.05, 0) is 36.8 Å². The van der Waals surface area contributed by atoms with Gasteiger partial charge in [-0.3, -0.25) is 0 Å². The molecule has 2 nitrogen and oxygen atoms in total. The molecule has 1 N–H and O–H groups in total. The van der Waals surface area contributed by atoms with Crippen LogP contribution in [0.4, 0.5) is 0 Å². The van der Waals surface area contributed by atoms with E-state index in [2.05, 4.69) is 43.4 Å². The van der Waals surface area contributed by atoms with Crippen LogP contribution in [-0.4, -0.2) is 11.5 Å². The molecule has 1 fully saturated rings. The fraction of sp³-hybridized carbons (Fsp3) is 0.500. The van der Waals surface area contributed by atoms with Crippen LogP contribution in [0, 0.1) is 0 Å². The van der Waals surface area contributed by atoms with E-state index < -0.39 is 0 Å². The van der Waals surface area contributed by atoms with Gasteiger partial charge in [0, 0.05) is 10.4 Å². The fourth-order valence-electron chi connectivity index (χ4n) is 3.69. The normalized spacial score (nSPS) is 23.4. The molecule has 0 radical (unpaired) electrons. The number of fused-ring (bicyclic) bond motifs is 3. The highest BCUT2D eigenvalue weighted by Crippen LogP contribution is 2.45. The van der Waals surface area contributed by atoms with Crippen molar-refractivity contribution in [1.82, 2.24) is 10.3 Å².